The van der Waals surface area contributed by atoms with Gasteiger partial charge in [-0.2, -0.15) is 13.2 Å². The topological polar surface area (TPSA) is 41.5 Å². The summed E-state index contributed by atoms with van der Waals surface area (Å²) in [4.78, 5) is 16.1. The second-order valence-corrected chi connectivity index (χ2v) is 6.38. The number of rotatable bonds is 4. The third-order valence-electron chi connectivity index (χ3n) is 3.30. The minimum Gasteiger partial charge on any atom is -0.352 e. The Hall–Kier alpha value is -1.53. The third-order valence-corrected chi connectivity index (χ3v) is 4.05. The number of dihydropyridines is 1. The van der Waals surface area contributed by atoms with Crippen LogP contribution in [0.4, 0.5) is 13.2 Å². The lowest BCUT2D eigenvalue weighted by Crippen LogP contribution is -2.35. The van der Waals surface area contributed by atoms with Gasteiger partial charge in [0.25, 0.3) is 5.91 Å². The van der Waals surface area contributed by atoms with Crippen LogP contribution in [0.3, 0.4) is 0 Å². The predicted molar refractivity (Wildman–Crippen MR) is 84.3 cm³/mol. The van der Waals surface area contributed by atoms with E-state index in [4.69, 9.17) is 23.2 Å². The van der Waals surface area contributed by atoms with E-state index < -0.39 is 33.6 Å². The Morgan fingerprint density at radius 3 is 2.65 bits per heavy atom. The molecule has 0 aliphatic carbocycles. The molecule has 0 saturated carbocycles. The van der Waals surface area contributed by atoms with E-state index in [1.165, 1.54) is 18.3 Å². The van der Waals surface area contributed by atoms with Crippen molar-refractivity contribution in [3.63, 3.8) is 0 Å². The van der Waals surface area contributed by atoms with Crippen LogP contribution < -0.4 is 5.32 Å². The summed E-state index contributed by atoms with van der Waals surface area (Å²) in [5, 5.41) is 2.44. The van der Waals surface area contributed by atoms with E-state index in [1.807, 2.05) is 0 Å². The maximum Gasteiger partial charge on any atom is 0.417 e. The molecule has 8 heteroatoms. The maximum atomic E-state index is 12.9. The van der Waals surface area contributed by atoms with Gasteiger partial charge in [0, 0.05) is 12.8 Å². The number of carbonyl (C=O) groups is 1. The molecular formula is C15H13Cl2F3N2O. The summed E-state index contributed by atoms with van der Waals surface area (Å²) in [5.74, 6) is -0.803. The smallest absolute Gasteiger partial charge is 0.352 e. The first kappa shape index (κ1) is 17.8. The molecule has 0 aromatic heterocycles. The normalized spacial score (nSPS) is 19.6. The molecule has 0 saturated heterocycles. The van der Waals surface area contributed by atoms with Gasteiger partial charge in [0.05, 0.1) is 17.2 Å². The predicted octanol–water partition coefficient (Wildman–Crippen LogP) is 4.01. The monoisotopic (exact) mass is 364 g/mol. The number of carbonyl (C=O) groups excluding carboxylic acids is 1. The van der Waals surface area contributed by atoms with E-state index in [1.54, 1.807) is 12.2 Å². The van der Waals surface area contributed by atoms with Gasteiger partial charge in [0.1, 0.15) is 0 Å². The largest absolute Gasteiger partial charge is 0.417 e. The minimum absolute atomic E-state index is 0.0993. The Bertz CT molecular complexity index is 642. The van der Waals surface area contributed by atoms with E-state index >= 15 is 0 Å². The van der Waals surface area contributed by atoms with Crippen LogP contribution in [0, 0.1) is 0 Å². The molecule has 1 aliphatic heterocycles. The van der Waals surface area contributed by atoms with Gasteiger partial charge in [-0.3, -0.25) is 9.79 Å². The average molecular weight is 365 g/mol. The Labute approximate surface area is 141 Å². The molecule has 1 amide bonds. The van der Waals surface area contributed by atoms with Crippen LogP contribution in [-0.4, -0.2) is 29.0 Å². The van der Waals surface area contributed by atoms with Crippen molar-refractivity contribution >= 4 is 35.3 Å². The van der Waals surface area contributed by atoms with Crippen molar-refractivity contribution in [3.8, 4) is 0 Å². The Morgan fingerprint density at radius 1 is 1.30 bits per heavy atom. The van der Waals surface area contributed by atoms with Crippen LogP contribution in [-0.2, 0) is 6.18 Å². The number of halogens is 5. The molecule has 0 radical (unpaired) electrons. The number of nitrogens with one attached hydrogen (secondary N) is 1. The second kappa shape index (κ2) is 6.93. The van der Waals surface area contributed by atoms with E-state index in [-0.39, 0.29) is 6.54 Å². The third kappa shape index (κ3) is 4.48. The molecule has 1 aromatic carbocycles. The number of amides is 1. The van der Waals surface area contributed by atoms with Crippen LogP contribution in [0.5, 0.6) is 0 Å². The van der Waals surface area contributed by atoms with Gasteiger partial charge >= 0.3 is 6.18 Å². The summed E-state index contributed by atoms with van der Waals surface area (Å²) in [6.45, 7) is 0.0993. The molecule has 0 fully saturated rings. The summed E-state index contributed by atoms with van der Waals surface area (Å²) in [6.07, 6.45) is 0.416. The fraction of sp³-hybridized carbons (Fsp3) is 0.333. The quantitative estimate of drug-likeness (QED) is 0.805. The van der Waals surface area contributed by atoms with Crippen LogP contribution in [0.25, 0.3) is 0 Å². The zero-order valence-electron chi connectivity index (χ0n) is 11.8. The zero-order valence-corrected chi connectivity index (χ0v) is 13.3. The first-order valence-electron chi connectivity index (χ1n) is 6.75. The molecule has 1 atom stereocenters. The summed E-state index contributed by atoms with van der Waals surface area (Å²) in [7, 11) is 0. The fourth-order valence-corrected chi connectivity index (χ4v) is 2.62. The number of alkyl halides is 5. The van der Waals surface area contributed by atoms with Crippen molar-refractivity contribution in [2.24, 2.45) is 4.99 Å². The minimum atomic E-state index is -4.59. The molecule has 2 rings (SSSR count). The van der Waals surface area contributed by atoms with Crippen LogP contribution >= 0.6 is 23.2 Å². The number of hydrogen-bond acceptors (Lipinski definition) is 2. The number of hydrogen-bond donors (Lipinski definition) is 1. The van der Waals surface area contributed by atoms with Gasteiger partial charge in [0.2, 0.25) is 0 Å². The SMILES string of the molecule is O=C(NCCC1N=CC=CC1(Cl)Cl)c1ccccc1C(F)(F)F. The van der Waals surface area contributed by atoms with E-state index in [0.29, 0.717) is 6.42 Å². The van der Waals surface area contributed by atoms with Crippen molar-refractivity contribution < 1.29 is 18.0 Å². The molecule has 124 valence electrons. The molecule has 3 nitrogen and oxygen atoms in total. The van der Waals surface area contributed by atoms with Gasteiger partial charge in [-0.05, 0) is 30.7 Å². The summed E-state index contributed by atoms with van der Waals surface area (Å²) >= 11 is 12.1. The molecule has 1 heterocycles. The zero-order chi connectivity index (χ0) is 17.1. The van der Waals surface area contributed by atoms with E-state index in [0.717, 1.165) is 12.1 Å². The second-order valence-electron chi connectivity index (χ2n) is 4.94. The van der Waals surface area contributed by atoms with Crippen LogP contribution in [0.2, 0.25) is 0 Å². The highest BCUT2D eigenvalue weighted by molar-refractivity contribution is 6.50. The Balaban J connectivity index is 1.99. The van der Waals surface area contributed by atoms with Crippen molar-refractivity contribution in [2.45, 2.75) is 23.0 Å². The maximum absolute atomic E-state index is 12.9. The number of aliphatic imine (C=N–C) groups is 1. The van der Waals surface area contributed by atoms with Crippen LogP contribution in [0.15, 0.2) is 41.4 Å². The van der Waals surface area contributed by atoms with Gasteiger partial charge in [-0.1, -0.05) is 35.3 Å². The van der Waals surface area contributed by atoms with Gasteiger partial charge in [-0.15, -0.1) is 0 Å². The highest BCUT2D eigenvalue weighted by Gasteiger charge is 2.35. The molecular weight excluding hydrogens is 352 g/mol. The lowest BCUT2D eigenvalue weighted by molar-refractivity contribution is -0.137. The van der Waals surface area contributed by atoms with Crippen LogP contribution in [0.1, 0.15) is 22.3 Å². The van der Waals surface area contributed by atoms with Crippen molar-refractivity contribution in [1.29, 1.82) is 0 Å². The van der Waals surface area contributed by atoms with Gasteiger partial charge in [0.15, 0.2) is 4.33 Å². The lowest BCUT2D eigenvalue weighted by atomic mass is 10.1. The van der Waals surface area contributed by atoms with Crippen molar-refractivity contribution in [2.75, 3.05) is 6.54 Å². The number of nitrogens with zero attached hydrogens (tertiary/aromatic N) is 1. The molecule has 0 bridgehead atoms. The van der Waals surface area contributed by atoms with Gasteiger partial charge in [-0.25, -0.2) is 0 Å². The first-order valence-corrected chi connectivity index (χ1v) is 7.50. The highest BCUT2D eigenvalue weighted by atomic mass is 35.5. The summed E-state index contributed by atoms with van der Waals surface area (Å²) in [5.41, 5.74) is -1.39. The first-order chi connectivity index (χ1) is 10.7. The van der Waals surface area contributed by atoms with Crippen molar-refractivity contribution in [1.82, 2.24) is 5.32 Å². The standard InChI is InChI=1S/C15H13Cl2F3N2O/c16-14(17)7-3-8-21-12(14)6-9-22-13(23)10-4-1-2-5-11(10)15(18,19)20/h1-5,7-8,12H,6,9H2,(H,22,23). The Morgan fingerprint density at radius 2 is 2.00 bits per heavy atom. The average Bonchev–Trinajstić information content (AvgIpc) is 2.48. The highest BCUT2D eigenvalue weighted by Crippen LogP contribution is 2.33. The molecule has 1 aromatic rings. The number of allylic oxidation sites excluding steroid dienone is 1. The lowest BCUT2D eigenvalue weighted by Gasteiger charge is -2.25. The molecule has 0 spiro atoms. The molecule has 23 heavy (non-hydrogen) atoms. The van der Waals surface area contributed by atoms with Crippen molar-refractivity contribution in [3.05, 3.63) is 47.5 Å². The summed E-state index contributed by atoms with van der Waals surface area (Å²) < 4.78 is 37.5. The van der Waals surface area contributed by atoms with E-state index in [9.17, 15) is 18.0 Å². The Kier molecular flexibility index (Phi) is 5.37. The molecule has 1 aliphatic rings. The number of benzene rings is 1. The van der Waals surface area contributed by atoms with E-state index in [2.05, 4.69) is 10.3 Å². The summed E-state index contributed by atoms with van der Waals surface area (Å²) in [6, 6.07) is 4.14. The molecule has 1 N–H and O–H groups in total. The van der Waals surface area contributed by atoms with Gasteiger partial charge < -0.3 is 5.32 Å². The molecule has 1 unspecified atom stereocenters. The fourth-order valence-electron chi connectivity index (χ4n) is 2.15.